The van der Waals surface area contributed by atoms with Gasteiger partial charge in [0.25, 0.3) is 0 Å². The molecule has 0 radical (unpaired) electrons. The smallest absolute Gasteiger partial charge is 0.442 e. The molecule has 1 rings (SSSR count). The summed E-state index contributed by atoms with van der Waals surface area (Å²) in [6.45, 7) is 0.332. The van der Waals surface area contributed by atoms with Crippen molar-refractivity contribution in [2.24, 2.45) is 0 Å². The van der Waals surface area contributed by atoms with E-state index in [4.69, 9.17) is 9.84 Å². The van der Waals surface area contributed by atoms with Crippen LogP contribution in [0.4, 0.5) is 4.79 Å². The molecule has 1 aromatic rings. The minimum absolute atomic E-state index is 0.0487. The summed E-state index contributed by atoms with van der Waals surface area (Å²) in [5.41, 5.74) is 0.872. The number of carbonyl (C=O) groups excluding carboxylic acids is 1. The Hall–Kier alpha value is -1.45. The summed E-state index contributed by atoms with van der Waals surface area (Å²) >= 11 is 0. The second-order valence-corrected chi connectivity index (χ2v) is 4.08. The standard InChI is InChI=1S/C11H14NO4P/c13-8-4-7-12(17-15)11(14)16-9-10-5-2-1-3-6-10/h1-3,5-6,13H,4,7-9H2/p+1. The van der Waals surface area contributed by atoms with Gasteiger partial charge >= 0.3 is 14.7 Å². The van der Waals surface area contributed by atoms with Crippen LogP contribution in [0.25, 0.3) is 0 Å². The van der Waals surface area contributed by atoms with Crippen LogP contribution < -0.4 is 0 Å². The summed E-state index contributed by atoms with van der Waals surface area (Å²) in [6.07, 6.45) is -0.244. The van der Waals surface area contributed by atoms with Crippen molar-refractivity contribution in [3.63, 3.8) is 0 Å². The Morgan fingerprint density at radius 1 is 1.35 bits per heavy atom. The first-order valence-electron chi connectivity index (χ1n) is 5.24. The van der Waals surface area contributed by atoms with E-state index in [1.165, 1.54) is 0 Å². The average molecular weight is 256 g/mol. The molecule has 0 fully saturated rings. The maximum atomic E-state index is 11.5. The number of rotatable bonds is 6. The zero-order valence-electron chi connectivity index (χ0n) is 9.33. The average Bonchev–Trinajstić information content (AvgIpc) is 2.38. The topological polar surface area (TPSA) is 66.8 Å². The van der Waals surface area contributed by atoms with E-state index in [9.17, 15) is 9.36 Å². The molecule has 0 aromatic heterocycles. The van der Waals surface area contributed by atoms with E-state index in [1.807, 2.05) is 30.3 Å². The summed E-state index contributed by atoms with van der Waals surface area (Å²) < 4.78 is 16.8. The van der Waals surface area contributed by atoms with Crippen molar-refractivity contribution in [1.82, 2.24) is 4.67 Å². The van der Waals surface area contributed by atoms with Crippen molar-refractivity contribution < 1.29 is 19.2 Å². The highest BCUT2D eigenvalue weighted by molar-refractivity contribution is 7.21. The Kier molecular flexibility index (Phi) is 6.22. The number of nitrogens with zero attached hydrogens (tertiary/aromatic N) is 1. The van der Waals surface area contributed by atoms with Gasteiger partial charge < -0.3 is 9.84 Å². The predicted octanol–water partition coefficient (Wildman–Crippen LogP) is 1.95. The molecule has 1 N–H and O–H groups in total. The van der Waals surface area contributed by atoms with Gasteiger partial charge in [0.05, 0.1) is 6.54 Å². The van der Waals surface area contributed by atoms with E-state index >= 15 is 0 Å². The van der Waals surface area contributed by atoms with Crippen LogP contribution in [0.15, 0.2) is 30.3 Å². The van der Waals surface area contributed by atoms with Crippen molar-refractivity contribution >= 4 is 14.7 Å². The molecule has 1 aromatic carbocycles. The molecule has 5 nitrogen and oxygen atoms in total. The third-order valence-corrected chi connectivity index (χ3v) is 2.70. The molecule has 17 heavy (non-hydrogen) atoms. The Morgan fingerprint density at radius 3 is 2.65 bits per heavy atom. The third-order valence-electron chi connectivity index (χ3n) is 2.08. The lowest BCUT2D eigenvalue weighted by Gasteiger charge is -2.08. The first-order chi connectivity index (χ1) is 8.27. The number of hydrogen-bond donors (Lipinski definition) is 1. The van der Waals surface area contributed by atoms with Gasteiger partial charge in [-0.15, -0.1) is 0 Å². The van der Waals surface area contributed by atoms with E-state index in [1.54, 1.807) is 0 Å². The van der Waals surface area contributed by atoms with Crippen molar-refractivity contribution in [2.75, 3.05) is 13.2 Å². The molecule has 0 spiro atoms. The fourth-order valence-electron chi connectivity index (χ4n) is 1.20. The Bertz CT molecular complexity index is 358. The Balaban J connectivity index is 2.40. The summed E-state index contributed by atoms with van der Waals surface area (Å²) in [4.78, 5) is 11.5. The largest absolute Gasteiger partial charge is 0.453 e. The number of benzene rings is 1. The van der Waals surface area contributed by atoms with Crippen LogP contribution in [0.3, 0.4) is 0 Å². The van der Waals surface area contributed by atoms with Crippen LogP contribution in [0.1, 0.15) is 12.0 Å². The van der Waals surface area contributed by atoms with E-state index in [2.05, 4.69) is 0 Å². The zero-order chi connectivity index (χ0) is 12.5. The number of amides is 1. The van der Waals surface area contributed by atoms with Crippen LogP contribution in [-0.2, 0) is 15.9 Å². The Labute approximate surface area is 101 Å². The SMILES string of the molecule is O=[PH+]N(CCCO)C(=O)OCc1ccccc1. The lowest BCUT2D eigenvalue weighted by molar-refractivity contribution is 0.118. The van der Waals surface area contributed by atoms with Gasteiger partial charge in [-0.25, -0.2) is 4.79 Å². The summed E-state index contributed by atoms with van der Waals surface area (Å²) in [5.74, 6) is 0. The molecule has 1 amide bonds. The molecule has 0 aliphatic rings. The number of hydrogen-bond acceptors (Lipinski definition) is 4. The molecule has 92 valence electrons. The fraction of sp³-hybridized carbons (Fsp3) is 0.364. The highest BCUT2D eigenvalue weighted by atomic mass is 31.1. The van der Waals surface area contributed by atoms with Gasteiger partial charge in [0.1, 0.15) is 6.61 Å². The van der Waals surface area contributed by atoms with Crippen molar-refractivity contribution in [1.29, 1.82) is 0 Å². The summed E-state index contributed by atoms with van der Waals surface area (Å²) in [6, 6.07) is 9.25. The second-order valence-electron chi connectivity index (χ2n) is 3.36. The molecule has 0 aliphatic heterocycles. The minimum atomic E-state index is -0.896. The van der Waals surface area contributed by atoms with E-state index in [0.29, 0.717) is 6.42 Å². The number of aliphatic hydroxyl groups is 1. The number of carbonyl (C=O) groups is 1. The number of ether oxygens (including phenoxy) is 1. The second kappa shape index (κ2) is 7.76. The highest BCUT2D eigenvalue weighted by Gasteiger charge is 2.20. The lowest BCUT2D eigenvalue weighted by Crippen LogP contribution is -2.24. The molecule has 0 bridgehead atoms. The summed E-state index contributed by atoms with van der Waals surface area (Å²) in [5, 5.41) is 8.62. The van der Waals surface area contributed by atoms with Gasteiger partial charge in [0.15, 0.2) is 0 Å². The quantitative estimate of drug-likeness (QED) is 0.790. The molecule has 6 heteroatoms. The molecular weight excluding hydrogens is 241 g/mol. The molecular formula is C11H15NO4P+. The van der Waals surface area contributed by atoms with Gasteiger partial charge in [0, 0.05) is 6.61 Å². The van der Waals surface area contributed by atoms with Gasteiger partial charge in [-0.1, -0.05) is 35.0 Å². The maximum absolute atomic E-state index is 11.5. The monoisotopic (exact) mass is 256 g/mol. The Morgan fingerprint density at radius 2 is 2.06 bits per heavy atom. The molecule has 0 saturated carbocycles. The van der Waals surface area contributed by atoms with Crippen LogP contribution >= 0.6 is 8.61 Å². The van der Waals surface area contributed by atoms with Crippen molar-refractivity contribution in [3.05, 3.63) is 35.9 Å². The third kappa shape index (κ3) is 4.93. The zero-order valence-corrected chi connectivity index (χ0v) is 10.3. The lowest BCUT2D eigenvalue weighted by atomic mass is 10.2. The minimum Gasteiger partial charge on any atom is -0.442 e. The first kappa shape index (κ1) is 13.6. The van der Waals surface area contributed by atoms with Crippen molar-refractivity contribution in [2.45, 2.75) is 13.0 Å². The van der Waals surface area contributed by atoms with Gasteiger partial charge in [-0.3, -0.25) is 0 Å². The van der Waals surface area contributed by atoms with E-state index < -0.39 is 14.7 Å². The molecule has 0 heterocycles. The van der Waals surface area contributed by atoms with Gasteiger partial charge in [-0.05, 0) is 16.5 Å². The van der Waals surface area contributed by atoms with Crippen LogP contribution in [-0.4, -0.2) is 29.0 Å². The highest BCUT2D eigenvalue weighted by Crippen LogP contribution is 2.10. The van der Waals surface area contributed by atoms with Gasteiger partial charge in [0.2, 0.25) is 0 Å². The molecule has 0 aliphatic carbocycles. The first-order valence-corrected chi connectivity index (χ1v) is 6.10. The van der Waals surface area contributed by atoms with Crippen molar-refractivity contribution in [3.8, 4) is 0 Å². The van der Waals surface area contributed by atoms with Crippen LogP contribution in [0.5, 0.6) is 0 Å². The summed E-state index contributed by atoms with van der Waals surface area (Å²) in [7, 11) is -0.896. The van der Waals surface area contributed by atoms with E-state index in [-0.39, 0.29) is 19.8 Å². The van der Waals surface area contributed by atoms with Crippen LogP contribution in [0, 0.1) is 0 Å². The normalized spacial score (nSPS) is 10.2. The van der Waals surface area contributed by atoms with Gasteiger partial charge in [-0.2, -0.15) is 0 Å². The molecule has 1 atom stereocenters. The maximum Gasteiger partial charge on any atom is 0.453 e. The molecule has 1 unspecified atom stereocenters. The number of aliphatic hydroxyl groups excluding tert-OH is 1. The van der Waals surface area contributed by atoms with E-state index in [0.717, 1.165) is 10.2 Å². The van der Waals surface area contributed by atoms with Crippen LogP contribution in [0.2, 0.25) is 0 Å². The molecule has 0 saturated heterocycles. The fourth-order valence-corrected chi connectivity index (χ4v) is 1.59. The predicted molar refractivity (Wildman–Crippen MR) is 64.0 cm³/mol.